The Hall–Kier alpha value is -2.65. The predicted octanol–water partition coefficient (Wildman–Crippen LogP) is 4.96. The number of aromatic nitrogens is 2. The summed E-state index contributed by atoms with van der Waals surface area (Å²) in [7, 11) is 0. The molecule has 29 heavy (non-hydrogen) atoms. The SMILES string of the molecule is O=c1c(Br)c(C(F)(F)F)ncn1-c1c([N+](=O)[O-])cc(C(F)(F)F)cc1C(F)(F)F. The molecule has 0 radical (unpaired) electrons. The third kappa shape index (κ3) is 4.35. The molecule has 158 valence electrons. The second kappa shape index (κ2) is 7.00. The van der Waals surface area contributed by atoms with E-state index in [-0.39, 0.29) is 17.0 Å². The van der Waals surface area contributed by atoms with E-state index in [0.29, 0.717) is 0 Å². The summed E-state index contributed by atoms with van der Waals surface area (Å²) < 4.78 is 115. The van der Waals surface area contributed by atoms with Crippen LogP contribution in [0.5, 0.6) is 0 Å². The average molecular weight is 500 g/mol. The maximum Gasteiger partial charge on any atom is 0.434 e. The van der Waals surface area contributed by atoms with Gasteiger partial charge in [0.2, 0.25) is 0 Å². The Labute approximate surface area is 160 Å². The first-order valence-electron chi connectivity index (χ1n) is 6.77. The lowest BCUT2D eigenvalue weighted by Crippen LogP contribution is -2.27. The fourth-order valence-electron chi connectivity index (χ4n) is 2.18. The van der Waals surface area contributed by atoms with Crippen molar-refractivity contribution in [3.8, 4) is 5.69 Å². The molecule has 1 heterocycles. The van der Waals surface area contributed by atoms with Gasteiger partial charge in [0.1, 0.15) is 16.5 Å². The van der Waals surface area contributed by atoms with Gasteiger partial charge in [0, 0.05) is 6.07 Å². The van der Waals surface area contributed by atoms with Gasteiger partial charge in [0.15, 0.2) is 5.69 Å². The monoisotopic (exact) mass is 499 g/mol. The van der Waals surface area contributed by atoms with E-state index in [4.69, 9.17) is 0 Å². The van der Waals surface area contributed by atoms with E-state index >= 15 is 0 Å². The Morgan fingerprint density at radius 1 is 0.966 bits per heavy atom. The molecule has 0 unspecified atom stereocenters. The zero-order valence-corrected chi connectivity index (χ0v) is 14.7. The van der Waals surface area contributed by atoms with Crippen molar-refractivity contribution in [2.45, 2.75) is 18.5 Å². The molecular formula is C13H3BrF9N3O3. The van der Waals surface area contributed by atoms with Crippen LogP contribution in [0.15, 0.2) is 27.7 Å². The number of hydrogen-bond acceptors (Lipinski definition) is 4. The summed E-state index contributed by atoms with van der Waals surface area (Å²) in [4.78, 5) is 24.4. The van der Waals surface area contributed by atoms with Gasteiger partial charge in [0.25, 0.3) is 11.2 Å². The van der Waals surface area contributed by atoms with E-state index in [1.54, 1.807) is 0 Å². The molecule has 0 saturated heterocycles. The minimum atomic E-state index is -5.64. The van der Waals surface area contributed by atoms with Crippen LogP contribution in [-0.2, 0) is 18.5 Å². The van der Waals surface area contributed by atoms with Crippen LogP contribution in [-0.4, -0.2) is 14.5 Å². The predicted molar refractivity (Wildman–Crippen MR) is 79.2 cm³/mol. The molecule has 0 bridgehead atoms. The van der Waals surface area contributed by atoms with Gasteiger partial charge in [-0.2, -0.15) is 39.5 Å². The maximum absolute atomic E-state index is 13.3. The summed E-state index contributed by atoms with van der Waals surface area (Å²) in [5.74, 6) is 0. The zero-order valence-electron chi connectivity index (χ0n) is 13.1. The highest BCUT2D eigenvalue weighted by molar-refractivity contribution is 9.10. The minimum Gasteiger partial charge on any atom is -0.268 e. The van der Waals surface area contributed by atoms with E-state index in [9.17, 15) is 54.4 Å². The molecule has 0 aliphatic heterocycles. The number of benzene rings is 1. The second-order valence-corrected chi connectivity index (χ2v) is 6.02. The summed E-state index contributed by atoms with van der Waals surface area (Å²) in [6, 6.07) is -0.775. The Balaban J connectivity index is 3.01. The van der Waals surface area contributed by atoms with Crippen molar-refractivity contribution in [3.63, 3.8) is 0 Å². The van der Waals surface area contributed by atoms with Crippen LogP contribution in [0.2, 0.25) is 0 Å². The van der Waals surface area contributed by atoms with Crippen LogP contribution in [0.1, 0.15) is 16.8 Å². The van der Waals surface area contributed by atoms with Crippen molar-refractivity contribution in [1.82, 2.24) is 9.55 Å². The van der Waals surface area contributed by atoms with Crippen LogP contribution >= 0.6 is 15.9 Å². The van der Waals surface area contributed by atoms with Crippen molar-refractivity contribution < 1.29 is 44.4 Å². The first-order valence-corrected chi connectivity index (χ1v) is 7.57. The molecule has 0 saturated carbocycles. The van der Waals surface area contributed by atoms with Gasteiger partial charge < -0.3 is 0 Å². The van der Waals surface area contributed by atoms with Crippen LogP contribution in [0.4, 0.5) is 45.2 Å². The van der Waals surface area contributed by atoms with Gasteiger partial charge in [0.05, 0.1) is 16.1 Å². The quantitative estimate of drug-likeness (QED) is 0.332. The first kappa shape index (κ1) is 22.6. The lowest BCUT2D eigenvalue weighted by atomic mass is 10.0. The van der Waals surface area contributed by atoms with Crippen molar-refractivity contribution in [3.05, 3.63) is 60.2 Å². The average Bonchev–Trinajstić information content (AvgIpc) is 2.53. The topological polar surface area (TPSA) is 78.0 Å². The Morgan fingerprint density at radius 2 is 1.52 bits per heavy atom. The van der Waals surface area contributed by atoms with E-state index in [2.05, 4.69) is 20.9 Å². The van der Waals surface area contributed by atoms with Crippen LogP contribution in [0.3, 0.4) is 0 Å². The Kier molecular flexibility index (Phi) is 5.46. The molecule has 0 aliphatic rings. The number of rotatable bonds is 2. The highest BCUT2D eigenvalue weighted by Gasteiger charge is 2.44. The summed E-state index contributed by atoms with van der Waals surface area (Å²) in [6.07, 6.45) is -16.4. The molecule has 1 aromatic heterocycles. The van der Waals surface area contributed by atoms with Gasteiger partial charge in [-0.25, -0.2) is 4.98 Å². The fourth-order valence-corrected chi connectivity index (χ4v) is 2.70. The van der Waals surface area contributed by atoms with Crippen molar-refractivity contribution in [1.29, 1.82) is 0 Å². The number of halogens is 10. The summed E-state index contributed by atoms with van der Waals surface area (Å²) >= 11 is 2.20. The lowest BCUT2D eigenvalue weighted by Gasteiger charge is -2.18. The number of hydrogen-bond donors (Lipinski definition) is 0. The molecule has 2 rings (SSSR count). The molecule has 0 spiro atoms. The third-order valence-electron chi connectivity index (χ3n) is 3.35. The molecule has 16 heteroatoms. The molecule has 0 fully saturated rings. The molecular weight excluding hydrogens is 497 g/mol. The minimum absolute atomic E-state index is 0.0965. The van der Waals surface area contributed by atoms with Gasteiger partial charge in [-0.1, -0.05) is 0 Å². The van der Waals surface area contributed by atoms with Crippen molar-refractivity contribution in [2.75, 3.05) is 0 Å². The van der Waals surface area contributed by atoms with E-state index in [0.717, 1.165) is 0 Å². The smallest absolute Gasteiger partial charge is 0.268 e. The largest absolute Gasteiger partial charge is 0.434 e. The number of nitrogens with zero attached hydrogens (tertiary/aromatic N) is 3. The first-order chi connectivity index (χ1) is 13.0. The van der Waals surface area contributed by atoms with E-state index in [1.165, 1.54) is 0 Å². The third-order valence-corrected chi connectivity index (χ3v) is 4.06. The Morgan fingerprint density at radius 3 is 1.93 bits per heavy atom. The van der Waals surface area contributed by atoms with Crippen molar-refractivity contribution >= 4 is 21.6 Å². The maximum atomic E-state index is 13.3. The Bertz CT molecular complexity index is 1040. The van der Waals surface area contributed by atoms with Gasteiger partial charge in [-0.05, 0) is 22.0 Å². The fraction of sp³-hybridized carbons (Fsp3) is 0.231. The normalized spacial score (nSPS) is 12.9. The van der Waals surface area contributed by atoms with E-state index in [1.807, 2.05) is 0 Å². The number of nitro groups is 1. The van der Waals surface area contributed by atoms with Gasteiger partial charge >= 0.3 is 18.5 Å². The molecule has 1 aromatic carbocycles. The van der Waals surface area contributed by atoms with E-state index < -0.39 is 67.7 Å². The summed E-state index contributed by atoms with van der Waals surface area (Å²) in [5.41, 5.74) is -11.6. The van der Waals surface area contributed by atoms with Crippen molar-refractivity contribution in [2.24, 2.45) is 0 Å². The number of alkyl halides is 9. The molecule has 0 atom stereocenters. The lowest BCUT2D eigenvalue weighted by molar-refractivity contribution is -0.385. The van der Waals surface area contributed by atoms with Crippen LogP contribution < -0.4 is 5.56 Å². The molecule has 0 aliphatic carbocycles. The van der Waals surface area contributed by atoms with Crippen LogP contribution in [0.25, 0.3) is 5.69 Å². The standard InChI is InChI=1S/C13H3BrF9N3O3/c14-7-9(13(21,22)23)24-3-25(10(7)27)8-5(12(18,19)20)1-4(11(15,16)17)2-6(8)26(28)29/h1-3H. The highest BCUT2D eigenvalue weighted by atomic mass is 79.9. The summed E-state index contributed by atoms with van der Waals surface area (Å²) in [6.45, 7) is 0. The summed E-state index contributed by atoms with van der Waals surface area (Å²) in [5, 5.41) is 11.1. The zero-order chi connectivity index (χ0) is 22.5. The highest BCUT2D eigenvalue weighted by Crippen LogP contribution is 2.43. The van der Waals surface area contributed by atoms with Crippen LogP contribution in [0, 0.1) is 10.1 Å². The van der Waals surface area contributed by atoms with Gasteiger partial charge in [-0.3, -0.25) is 19.5 Å². The number of nitro benzene ring substituents is 1. The molecule has 0 amide bonds. The second-order valence-electron chi connectivity index (χ2n) is 5.22. The molecule has 2 aromatic rings. The molecule has 6 nitrogen and oxygen atoms in total. The molecule has 0 N–H and O–H groups in total. The van der Waals surface area contributed by atoms with Gasteiger partial charge in [-0.15, -0.1) is 0 Å².